The van der Waals surface area contributed by atoms with Crippen LogP contribution < -0.4 is 26.6 Å². The van der Waals surface area contributed by atoms with Crippen molar-refractivity contribution < 1.29 is 70.5 Å². The molecule has 16 nitrogen and oxygen atoms in total. The van der Waals surface area contributed by atoms with Crippen LogP contribution in [0.15, 0.2) is 90.5 Å². The Bertz CT molecular complexity index is 2890. The summed E-state index contributed by atoms with van der Waals surface area (Å²) in [5.41, 5.74) is -4.93. The van der Waals surface area contributed by atoms with Gasteiger partial charge in [0.1, 0.15) is 43.2 Å². The molecule has 5 aliphatic rings. The van der Waals surface area contributed by atoms with Crippen molar-refractivity contribution >= 4 is 64.0 Å². The number of amides is 5. The summed E-state index contributed by atoms with van der Waals surface area (Å²) in [5, 5.41) is 22.8. The van der Waals surface area contributed by atoms with E-state index < -0.39 is 154 Å². The zero-order valence-corrected chi connectivity index (χ0v) is 43.1. The number of anilines is 1. The summed E-state index contributed by atoms with van der Waals surface area (Å²) in [4.78, 5) is 105. The first-order valence-corrected chi connectivity index (χ1v) is 26.0. The molecule has 10 atom stereocenters. The summed E-state index contributed by atoms with van der Waals surface area (Å²) in [5.74, 6) is -8.92. The van der Waals surface area contributed by atoms with Crippen molar-refractivity contribution in [3.63, 3.8) is 0 Å². The van der Waals surface area contributed by atoms with E-state index in [1.807, 2.05) is 48.5 Å². The summed E-state index contributed by atoms with van der Waals surface area (Å²) >= 11 is 0.205. The molecule has 0 bridgehead atoms. The smallest absolute Gasteiger partial charge is 0.407 e. The second-order valence-corrected chi connectivity index (χ2v) is 21.7. The summed E-state index contributed by atoms with van der Waals surface area (Å²) in [6.45, 7) is 6.32. The number of alkyl halides is 3. The fraction of sp³-hybridized carbons (Fsp3) is 0.455. The monoisotopic (exact) mass is 1070 g/mol. The molecule has 0 aromatic heterocycles. The van der Waals surface area contributed by atoms with Gasteiger partial charge in [-0.05, 0) is 121 Å². The molecule has 3 fully saturated rings. The van der Waals surface area contributed by atoms with Gasteiger partial charge in [0, 0.05) is 22.7 Å². The van der Waals surface area contributed by atoms with E-state index in [0.717, 1.165) is 52.6 Å². The molecular formula is C55H59F4N5O11S. The Morgan fingerprint density at radius 3 is 2.18 bits per heavy atom. The lowest BCUT2D eigenvalue weighted by molar-refractivity contribution is -0.219. The molecule has 3 saturated carbocycles. The van der Waals surface area contributed by atoms with Crippen molar-refractivity contribution in [2.75, 3.05) is 31.0 Å². The number of benzene rings is 3. The number of ketones is 1. The van der Waals surface area contributed by atoms with Gasteiger partial charge in [0.2, 0.25) is 28.7 Å². The van der Waals surface area contributed by atoms with Gasteiger partial charge in [-0.2, -0.15) is 0 Å². The molecule has 8 rings (SSSR count). The molecular weight excluding hydrogens is 1010 g/mol. The molecule has 0 spiro atoms. The van der Waals surface area contributed by atoms with Crippen LogP contribution in [0.25, 0.3) is 11.1 Å². The van der Waals surface area contributed by atoms with Crippen molar-refractivity contribution in [1.29, 1.82) is 0 Å². The van der Waals surface area contributed by atoms with Crippen molar-refractivity contribution in [3.8, 4) is 11.1 Å². The first kappa shape index (κ1) is 55.4. The molecule has 76 heavy (non-hydrogen) atoms. The second kappa shape index (κ2) is 21.6. The highest BCUT2D eigenvalue weighted by Crippen LogP contribution is 2.71. The van der Waals surface area contributed by atoms with E-state index in [9.17, 15) is 47.9 Å². The van der Waals surface area contributed by atoms with E-state index in [-0.39, 0.29) is 48.3 Å². The average molecular weight is 1070 g/mol. The van der Waals surface area contributed by atoms with E-state index in [2.05, 4.69) is 26.6 Å². The van der Waals surface area contributed by atoms with Crippen LogP contribution in [0.1, 0.15) is 87.7 Å². The zero-order valence-electron chi connectivity index (χ0n) is 42.3. The lowest BCUT2D eigenvalue weighted by Gasteiger charge is -2.63. The third-order valence-corrected chi connectivity index (χ3v) is 16.9. The minimum absolute atomic E-state index is 0.00733. The number of thioether (sulfide) groups is 1. The number of carbonyl (C=O) groups excluding carboxylic acids is 8. The molecule has 5 amide bonds. The largest absolute Gasteiger partial charge is 0.449 e. The maximum Gasteiger partial charge on any atom is 0.407 e. The van der Waals surface area contributed by atoms with Crippen LogP contribution in [0.2, 0.25) is 0 Å². The van der Waals surface area contributed by atoms with Crippen LogP contribution in [-0.4, -0.2) is 113 Å². The van der Waals surface area contributed by atoms with Crippen LogP contribution in [-0.2, 0) is 38.2 Å². The van der Waals surface area contributed by atoms with Crippen molar-refractivity contribution in [2.45, 2.75) is 102 Å². The molecule has 0 aliphatic heterocycles. The fourth-order valence-corrected chi connectivity index (χ4v) is 13.0. The second-order valence-electron chi connectivity index (χ2n) is 20.8. The first-order valence-electron chi connectivity index (χ1n) is 25.0. The number of rotatable bonds is 16. The van der Waals surface area contributed by atoms with E-state index in [1.54, 1.807) is 13.8 Å². The number of esters is 1. The Labute approximate surface area is 439 Å². The van der Waals surface area contributed by atoms with Crippen molar-refractivity contribution in [2.24, 2.45) is 28.6 Å². The third kappa shape index (κ3) is 9.91. The van der Waals surface area contributed by atoms with Gasteiger partial charge >= 0.3 is 12.1 Å². The Morgan fingerprint density at radius 2 is 1.53 bits per heavy atom. The SMILES string of the molecule is CC(C)[C@H](NC(=O)CNC(=O)CNC(=O)OCC1c2ccccc2-c2ccccc21)C(=O)N[C@@H](C)C(=O)Nc1cc(C(=O)O[C@]2(C(=O)SCF)CC[C@H]3[C@@H]4C[C@H](F)C5=CC(=O)C=C[C@]5(C)[C@@]4(F)[C@@H](O)C[C@@]32C)ccc1F. The van der Waals surface area contributed by atoms with E-state index in [1.165, 1.54) is 26.8 Å². The number of aliphatic hydroxyl groups is 1. The van der Waals surface area contributed by atoms with E-state index >= 15 is 13.2 Å². The number of allylic oxidation sites excluding steroid dienone is 4. The van der Waals surface area contributed by atoms with Crippen LogP contribution >= 0.6 is 11.8 Å². The number of hydrogen-bond acceptors (Lipinski definition) is 12. The highest BCUT2D eigenvalue weighted by atomic mass is 32.2. The van der Waals surface area contributed by atoms with Gasteiger partial charge in [-0.3, -0.25) is 28.8 Å². The highest BCUT2D eigenvalue weighted by molar-refractivity contribution is 8.13. The number of fused-ring (bicyclic) bond motifs is 8. The minimum Gasteiger partial charge on any atom is -0.449 e. The quantitative estimate of drug-likeness (QED) is 0.0670. The Balaban J connectivity index is 0.850. The Hall–Kier alpha value is -6.87. The van der Waals surface area contributed by atoms with Gasteiger partial charge in [-0.1, -0.05) is 75.4 Å². The summed E-state index contributed by atoms with van der Waals surface area (Å²) in [6.07, 6.45) is -2.26. The van der Waals surface area contributed by atoms with E-state index in [0.29, 0.717) is 0 Å². The fourth-order valence-electron chi connectivity index (χ4n) is 12.3. The lowest BCUT2D eigenvalue weighted by Crippen LogP contribution is -2.70. The van der Waals surface area contributed by atoms with Crippen LogP contribution in [0.4, 0.5) is 28.0 Å². The number of halogens is 4. The molecule has 0 heterocycles. The molecule has 21 heteroatoms. The Kier molecular flexibility index (Phi) is 15.8. The van der Waals surface area contributed by atoms with Gasteiger partial charge in [0.15, 0.2) is 17.1 Å². The molecule has 0 unspecified atom stereocenters. The van der Waals surface area contributed by atoms with Gasteiger partial charge in [-0.25, -0.2) is 27.2 Å². The standard InChI is InChI=1S/C55H59F4N5O11S/c1-28(2)46(64-45(68)25-60-44(67)24-61-51(73)74-26-36-34-12-8-6-10-32(34)33-11-7-9-13-35(33)36)48(70)62-29(3)47(69)63-42-20-30(14-15-40(42)57)49(71)75-54(50(72)76-27-56)19-17-37-38-22-41(58)39-21-31(65)16-18-52(39,4)55(38,59)43(66)23-53(37,54)5/h6-16,18,20-21,28-29,36-38,41,43,46,66H,17,19,22-27H2,1-5H3,(H,60,67)(H,61,73)(H,62,70)(H,63,69)(H,64,68)/t29-,37-,38-,41-,43-,46-,52-,53-,54-,55-/m0/s1. The molecule has 0 radical (unpaired) electrons. The van der Waals surface area contributed by atoms with Crippen molar-refractivity contribution in [3.05, 3.63) is 113 Å². The van der Waals surface area contributed by atoms with Gasteiger partial charge in [0.05, 0.1) is 23.9 Å². The number of hydrogen-bond donors (Lipinski definition) is 6. The molecule has 5 aliphatic carbocycles. The number of aliphatic hydroxyl groups excluding tert-OH is 1. The number of nitrogens with one attached hydrogen (secondary N) is 5. The number of ether oxygens (including phenoxy) is 2. The number of carbonyl (C=O) groups is 8. The summed E-state index contributed by atoms with van der Waals surface area (Å²) in [7, 11) is 0. The van der Waals surface area contributed by atoms with Crippen LogP contribution in [0.3, 0.4) is 0 Å². The average Bonchev–Trinajstić information content (AvgIpc) is 4.00. The van der Waals surface area contributed by atoms with Crippen LogP contribution in [0, 0.1) is 34.4 Å². The van der Waals surface area contributed by atoms with Crippen molar-refractivity contribution in [1.82, 2.24) is 21.3 Å². The summed E-state index contributed by atoms with van der Waals surface area (Å²) < 4.78 is 74.6. The topological polar surface area (TPSA) is 235 Å². The van der Waals surface area contributed by atoms with Gasteiger partial charge in [0.25, 0.3) is 0 Å². The maximum atomic E-state index is 17.8. The molecule has 3 aromatic carbocycles. The molecule has 404 valence electrons. The molecule has 6 N–H and O–H groups in total. The maximum absolute atomic E-state index is 17.8. The predicted molar refractivity (Wildman–Crippen MR) is 271 cm³/mol. The third-order valence-electron chi connectivity index (χ3n) is 16.2. The first-order chi connectivity index (χ1) is 36.0. The lowest BCUT2D eigenvalue weighted by atomic mass is 9.44. The molecule has 3 aromatic rings. The number of alkyl carbamates (subject to hydrolysis) is 1. The normalized spacial score (nSPS) is 27.7. The Morgan fingerprint density at radius 1 is 0.868 bits per heavy atom. The highest BCUT2D eigenvalue weighted by Gasteiger charge is 2.76. The summed E-state index contributed by atoms with van der Waals surface area (Å²) in [6, 6.07) is 14.5. The minimum atomic E-state index is -2.51. The predicted octanol–water partition coefficient (Wildman–Crippen LogP) is 6.47. The van der Waals surface area contributed by atoms with Crippen LogP contribution in [0.5, 0.6) is 0 Å². The zero-order chi connectivity index (χ0) is 55.1. The van der Waals surface area contributed by atoms with Gasteiger partial charge < -0.3 is 41.2 Å². The molecule has 0 saturated heterocycles. The van der Waals surface area contributed by atoms with E-state index in [4.69, 9.17) is 9.47 Å². The van der Waals surface area contributed by atoms with Gasteiger partial charge in [-0.15, -0.1) is 0 Å².